The lowest BCUT2D eigenvalue weighted by atomic mass is 10.0. The molecule has 100 valence electrons. The van der Waals surface area contributed by atoms with Gasteiger partial charge in [0.25, 0.3) is 0 Å². The molecule has 0 amide bonds. The lowest BCUT2D eigenvalue weighted by Crippen LogP contribution is -2.05. The van der Waals surface area contributed by atoms with E-state index in [1.54, 1.807) is 10.9 Å². The van der Waals surface area contributed by atoms with Crippen LogP contribution in [0.1, 0.15) is 27.3 Å². The Balaban J connectivity index is 2.12. The van der Waals surface area contributed by atoms with Crippen molar-refractivity contribution >= 4 is 16.7 Å². The first kappa shape index (κ1) is 12.5. The van der Waals surface area contributed by atoms with E-state index in [1.807, 2.05) is 51.2 Å². The van der Waals surface area contributed by atoms with E-state index in [4.69, 9.17) is 0 Å². The van der Waals surface area contributed by atoms with Crippen molar-refractivity contribution in [3.05, 3.63) is 59.0 Å². The lowest BCUT2D eigenvalue weighted by molar-refractivity contribution is 0.103. The summed E-state index contributed by atoms with van der Waals surface area (Å²) in [6, 6.07) is 9.48. The molecule has 0 aliphatic heterocycles. The number of rotatable bonds is 2. The maximum atomic E-state index is 12.7. The van der Waals surface area contributed by atoms with Crippen LogP contribution in [-0.4, -0.2) is 20.5 Å². The van der Waals surface area contributed by atoms with E-state index in [0.29, 0.717) is 11.1 Å². The molecule has 0 saturated heterocycles. The molecule has 3 aromatic rings. The maximum Gasteiger partial charge on any atom is 0.196 e. The summed E-state index contributed by atoms with van der Waals surface area (Å²) in [6.45, 7) is 3.77. The summed E-state index contributed by atoms with van der Waals surface area (Å²) in [5.41, 5.74) is 3.81. The molecule has 2 heterocycles. The summed E-state index contributed by atoms with van der Waals surface area (Å²) < 4.78 is 1.74. The summed E-state index contributed by atoms with van der Waals surface area (Å²) in [6.07, 6.45) is 1.73. The van der Waals surface area contributed by atoms with E-state index >= 15 is 0 Å². The summed E-state index contributed by atoms with van der Waals surface area (Å²) in [5.74, 6) is 0.000605. The maximum absolute atomic E-state index is 12.7. The highest BCUT2D eigenvalue weighted by atomic mass is 16.1. The molecule has 1 aromatic carbocycles. The Labute approximate surface area is 117 Å². The van der Waals surface area contributed by atoms with E-state index in [9.17, 15) is 4.79 Å². The topological polar surface area (TPSA) is 47.8 Å². The second-order valence-corrected chi connectivity index (χ2v) is 4.91. The summed E-state index contributed by atoms with van der Waals surface area (Å²) >= 11 is 0. The fourth-order valence-electron chi connectivity index (χ4n) is 2.45. The van der Waals surface area contributed by atoms with Gasteiger partial charge in [-0.05, 0) is 26.0 Å². The number of carbonyl (C=O) groups is 1. The van der Waals surface area contributed by atoms with Crippen molar-refractivity contribution < 1.29 is 4.79 Å². The first-order valence-corrected chi connectivity index (χ1v) is 6.47. The Bertz CT molecular complexity index is 818. The van der Waals surface area contributed by atoms with Gasteiger partial charge < -0.3 is 0 Å². The van der Waals surface area contributed by atoms with Crippen molar-refractivity contribution in [1.82, 2.24) is 14.8 Å². The Morgan fingerprint density at radius 3 is 2.70 bits per heavy atom. The van der Waals surface area contributed by atoms with Gasteiger partial charge in [-0.25, -0.2) is 0 Å². The number of aromatic nitrogens is 3. The molecule has 0 aliphatic carbocycles. The first-order valence-electron chi connectivity index (χ1n) is 6.47. The summed E-state index contributed by atoms with van der Waals surface area (Å²) in [5, 5.41) is 5.33. The fourth-order valence-corrected chi connectivity index (χ4v) is 2.45. The van der Waals surface area contributed by atoms with Crippen molar-refractivity contribution in [2.24, 2.45) is 7.05 Å². The third-order valence-corrected chi connectivity index (χ3v) is 3.60. The second-order valence-electron chi connectivity index (χ2n) is 4.91. The normalized spacial score (nSPS) is 10.9. The minimum absolute atomic E-state index is 0.000605. The third-order valence-electron chi connectivity index (χ3n) is 3.60. The van der Waals surface area contributed by atoms with Crippen molar-refractivity contribution in [2.45, 2.75) is 13.8 Å². The van der Waals surface area contributed by atoms with Crippen LogP contribution < -0.4 is 0 Å². The van der Waals surface area contributed by atoms with Crippen LogP contribution in [0.4, 0.5) is 0 Å². The van der Waals surface area contributed by atoms with Crippen LogP contribution in [0.2, 0.25) is 0 Å². The van der Waals surface area contributed by atoms with Crippen molar-refractivity contribution in [2.75, 3.05) is 0 Å². The predicted molar refractivity (Wildman–Crippen MR) is 77.9 cm³/mol. The van der Waals surface area contributed by atoms with Crippen LogP contribution >= 0.6 is 0 Å². The van der Waals surface area contributed by atoms with Gasteiger partial charge in [-0.3, -0.25) is 14.5 Å². The molecule has 0 N–H and O–H groups in total. The van der Waals surface area contributed by atoms with Gasteiger partial charge >= 0.3 is 0 Å². The average Bonchev–Trinajstić information content (AvgIpc) is 2.71. The standard InChI is InChI=1S/C16H15N3O/c1-10-15(11(2)19(3)18-10)16(20)13-7-6-12-5-4-8-17-14(12)9-13/h4-9H,1-3H3. The average molecular weight is 265 g/mol. The number of carbonyl (C=O) groups excluding carboxylic acids is 1. The van der Waals surface area contributed by atoms with Crippen LogP contribution in [0, 0.1) is 13.8 Å². The number of ketones is 1. The van der Waals surface area contributed by atoms with E-state index < -0.39 is 0 Å². The van der Waals surface area contributed by atoms with Crippen LogP contribution in [-0.2, 0) is 7.05 Å². The number of aryl methyl sites for hydroxylation is 2. The summed E-state index contributed by atoms with van der Waals surface area (Å²) in [7, 11) is 1.85. The molecule has 0 aliphatic rings. The van der Waals surface area contributed by atoms with Crippen LogP contribution in [0.5, 0.6) is 0 Å². The zero-order valence-corrected chi connectivity index (χ0v) is 11.7. The minimum atomic E-state index is 0.000605. The van der Waals surface area contributed by atoms with Gasteiger partial charge in [0.15, 0.2) is 5.78 Å². The van der Waals surface area contributed by atoms with E-state index in [0.717, 1.165) is 22.3 Å². The molecule has 0 unspecified atom stereocenters. The molecule has 4 heteroatoms. The Hall–Kier alpha value is -2.49. The number of nitrogens with zero attached hydrogens (tertiary/aromatic N) is 3. The second kappa shape index (κ2) is 4.56. The largest absolute Gasteiger partial charge is 0.288 e. The third kappa shape index (κ3) is 1.90. The molecule has 4 nitrogen and oxygen atoms in total. The van der Waals surface area contributed by atoms with Crippen LogP contribution in [0.25, 0.3) is 10.9 Å². The van der Waals surface area contributed by atoms with Crippen LogP contribution in [0.3, 0.4) is 0 Å². The molecule has 3 rings (SSSR count). The SMILES string of the molecule is Cc1nn(C)c(C)c1C(=O)c1ccc2cccnc2c1. The number of pyridine rings is 1. The lowest BCUT2D eigenvalue weighted by Gasteiger charge is -2.03. The zero-order valence-electron chi connectivity index (χ0n) is 11.7. The highest BCUT2D eigenvalue weighted by Gasteiger charge is 2.19. The Morgan fingerprint density at radius 1 is 1.20 bits per heavy atom. The molecular weight excluding hydrogens is 250 g/mol. The fraction of sp³-hybridized carbons (Fsp3) is 0.188. The number of hydrogen-bond donors (Lipinski definition) is 0. The zero-order chi connectivity index (χ0) is 14.3. The highest BCUT2D eigenvalue weighted by molar-refractivity contribution is 6.11. The van der Waals surface area contributed by atoms with Crippen molar-refractivity contribution in [1.29, 1.82) is 0 Å². The van der Waals surface area contributed by atoms with Gasteiger partial charge in [0.05, 0.1) is 16.8 Å². The highest BCUT2D eigenvalue weighted by Crippen LogP contribution is 2.20. The monoisotopic (exact) mass is 265 g/mol. The van der Waals surface area contributed by atoms with Crippen molar-refractivity contribution in [3.63, 3.8) is 0 Å². The smallest absolute Gasteiger partial charge is 0.196 e. The molecule has 0 radical (unpaired) electrons. The predicted octanol–water partition coefficient (Wildman–Crippen LogP) is 2.82. The molecule has 0 spiro atoms. The minimum Gasteiger partial charge on any atom is -0.288 e. The molecule has 0 fully saturated rings. The van der Waals surface area contributed by atoms with Gasteiger partial charge in [0.1, 0.15) is 0 Å². The van der Waals surface area contributed by atoms with Gasteiger partial charge in [-0.15, -0.1) is 0 Å². The summed E-state index contributed by atoms with van der Waals surface area (Å²) in [4.78, 5) is 17.0. The Kier molecular flexibility index (Phi) is 2.86. The van der Waals surface area contributed by atoms with Gasteiger partial charge in [-0.1, -0.05) is 18.2 Å². The van der Waals surface area contributed by atoms with Crippen LogP contribution in [0.15, 0.2) is 36.5 Å². The molecule has 2 aromatic heterocycles. The molecular formula is C16H15N3O. The van der Waals surface area contributed by atoms with E-state index in [-0.39, 0.29) is 5.78 Å². The van der Waals surface area contributed by atoms with E-state index in [2.05, 4.69) is 10.1 Å². The molecule has 20 heavy (non-hydrogen) atoms. The molecule has 0 bridgehead atoms. The first-order chi connectivity index (χ1) is 9.58. The van der Waals surface area contributed by atoms with Gasteiger partial charge in [-0.2, -0.15) is 5.10 Å². The van der Waals surface area contributed by atoms with Crippen molar-refractivity contribution in [3.8, 4) is 0 Å². The van der Waals surface area contributed by atoms with Gasteiger partial charge in [0.2, 0.25) is 0 Å². The number of benzene rings is 1. The Morgan fingerprint density at radius 2 is 2.00 bits per heavy atom. The van der Waals surface area contributed by atoms with Gasteiger partial charge in [0, 0.05) is 29.9 Å². The van der Waals surface area contributed by atoms with E-state index in [1.165, 1.54) is 0 Å². The quantitative estimate of drug-likeness (QED) is 0.669. The molecule has 0 saturated carbocycles. The number of hydrogen-bond acceptors (Lipinski definition) is 3. The number of fused-ring (bicyclic) bond motifs is 1. The molecule has 0 atom stereocenters.